The van der Waals surface area contributed by atoms with Crippen molar-refractivity contribution in [3.8, 4) is 0 Å². The van der Waals surface area contributed by atoms with Gasteiger partial charge in [-0.2, -0.15) is 4.31 Å². The summed E-state index contributed by atoms with van der Waals surface area (Å²) in [5, 5.41) is 0. The number of benzene rings is 1. The van der Waals surface area contributed by atoms with E-state index < -0.39 is 10.0 Å². The first-order valence-electron chi connectivity index (χ1n) is 7.80. The normalized spacial score (nSPS) is 18.3. The largest absolute Gasteiger partial charge is 0.301 e. The van der Waals surface area contributed by atoms with Gasteiger partial charge in [-0.1, -0.05) is 32.0 Å². The maximum absolute atomic E-state index is 12.7. The summed E-state index contributed by atoms with van der Waals surface area (Å²) in [5.41, 5.74) is 0.823. The molecule has 0 atom stereocenters. The molecule has 21 heavy (non-hydrogen) atoms. The van der Waals surface area contributed by atoms with Crippen LogP contribution in [-0.4, -0.2) is 49.8 Å². The molecule has 2 rings (SSSR count). The Bertz CT molecular complexity index is 559. The van der Waals surface area contributed by atoms with E-state index in [-0.39, 0.29) is 0 Å². The molecule has 0 unspecified atom stereocenters. The Morgan fingerprint density at radius 3 is 2.24 bits per heavy atom. The summed E-state index contributed by atoms with van der Waals surface area (Å²) >= 11 is 0. The Kier molecular flexibility index (Phi) is 5.41. The van der Waals surface area contributed by atoms with Gasteiger partial charge in [-0.3, -0.25) is 0 Å². The number of aryl methyl sites for hydroxylation is 1. The summed E-state index contributed by atoms with van der Waals surface area (Å²) in [6.07, 6.45) is 1.85. The molecule has 4 nitrogen and oxygen atoms in total. The van der Waals surface area contributed by atoms with Gasteiger partial charge in [0.25, 0.3) is 0 Å². The van der Waals surface area contributed by atoms with Crippen molar-refractivity contribution in [2.75, 3.05) is 26.2 Å². The molecule has 0 aromatic heterocycles. The number of sulfonamides is 1. The molecular weight excluding hydrogens is 284 g/mol. The fourth-order valence-corrected chi connectivity index (χ4v) is 4.87. The average molecular weight is 310 g/mol. The van der Waals surface area contributed by atoms with Crippen LogP contribution in [-0.2, 0) is 10.0 Å². The molecule has 5 heteroatoms. The molecule has 1 heterocycles. The third-order valence-corrected chi connectivity index (χ3v) is 6.52. The molecule has 0 N–H and O–H groups in total. The van der Waals surface area contributed by atoms with Crippen LogP contribution >= 0.6 is 0 Å². The Balaban J connectivity index is 2.10. The van der Waals surface area contributed by atoms with Crippen LogP contribution in [0.5, 0.6) is 0 Å². The van der Waals surface area contributed by atoms with Crippen molar-refractivity contribution in [1.29, 1.82) is 0 Å². The molecule has 1 fully saturated rings. The molecule has 0 bridgehead atoms. The van der Waals surface area contributed by atoms with E-state index in [1.54, 1.807) is 16.4 Å². The Labute approximate surface area is 128 Å². The van der Waals surface area contributed by atoms with E-state index in [4.69, 9.17) is 0 Å². The predicted octanol–water partition coefficient (Wildman–Crippen LogP) is 2.49. The van der Waals surface area contributed by atoms with E-state index >= 15 is 0 Å². The lowest BCUT2D eigenvalue weighted by Gasteiger charge is -2.37. The molecule has 0 saturated carbocycles. The first-order chi connectivity index (χ1) is 10.0. The van der Waals surface area contributed by atoms with Gasteiger partial charge in [0.05, 0.1) is 4.90 Å². The molecule has 1 aromatic carbocycles. The summed E-state index contributed by atoms with van der Waals surface area (Å²) in [6, 6.07) is 7.75. The number of rotatable bonds is 5. The molecule has 1 aromatic rings. The molecule has 118 valence electrons. The lowest BCUT2D eigenvalue weighted by atomic mass is 10.1. The van der Waals surface area contributed by atoms with Gasteiger partial charge in [-0.05, 0) is 44.5 Å². The average Bonchev–Trinajstić information content (AvgIpc) is 2.49. The van der Waals surface area contributed by atoms with Crippen LogP contribution in [0.15, 0.2) is 29.2 Å². The van der Waals surface area contributed by atoms with Crippen molar-refractivity contribution in [1.82, 2.24) is 9.21 Å². The van der Waals surface area contributed by atoms with Gasteiger partial charge in [0.2, 0.25) is 10.0 Å². The van der Waals surface area contributed by atoms with Crippen LogP contribution in [0.1, 0.15) is 32.3 Å². The zero-order valence-corrected chi connectivity index (χ0v) is 14.1. The molecule has 0 amide bonds. The number of hydrogen-bond donors (Lipinski definition) is 0. The third-order valence-electron chi connectivity index (χ3n) is 4.46. The van der Waals surface area contributed by atoms with Crippen LogP contribution in [0.2, 0.25) is 0 Å². The molecular formula is C16H26N2O2S. The smallest absolute Gasteiger partial charge is 0.243 e. The van der Waals surface area contributed by atoms with Crippen molar-refractivity contribution in [3.63, 3.8) is 0 Å². The van der Waals surface area contributed by atoms with Crippen LogP contribution < -0.4 is 0 Å². The summed E-state index contributed by atoms with van der Waals surface area (Å²) in [6.45, 7) is 9.50. The summed E-state index contributed by atoms with van der Waals surface area (Å²) in [5.74, 6) is 0. The van der Waals surface area contributed by atoms with Gasteiger partial charge < -0.3 is 4.90 Å². The monoisotopic (exact) mass is 310 g/mol. The topological polar surface area (TPSA) is 40.6 Å². The number of nitrogens with zero attached hydrogens (tertiary/aromatic N) is 2. The van der Waals surface area contributed by atoms with Gasteiger partial charge in [-0.15, -0.1) is 0 Å². The van der Waals surface area contributed by atoms with Crippen molar-refractivity contribution in [3.05, 3.63) is 29.8 Å². The van der Waals surface area contributed by atoms with E-state index in [0.717, 1.165) is 31.5 Å². The zero-order valence-electron chi connectivity index (χ0n) is 13.2. The fourth-order valence-electron chi connectivity index (χ4n) is 3.17. The Hall–Kier alpha value is -0.910. The minimum Gasteiger partial charge on any atom is -0.301 e. The number of hydrogen-bond acceptors (Lipinski definition) is 3. The third kappa shape index (κ3) is 3.47. The highest BCUT2D eigenvalue weighted by Gasteiger charge is 2.31. The van der Waals surface area contributed by atoms with E-state index in [1.165, 1.54) is 0 Å². The maximum Gasteiger partial charge on any atom is 0.243 e. The second-order valence-corrected chi connectivity index (χ2v) is 7.53. The highest BCUT2D eigenvalue weighted by atomic mass is 32.2. The van der Waals surface area contributed by atoms with Crippen LogP contribution in [0.3, 0.4) is 0 Å². The van der Waals surface area contributed by atoms with Gasteiger partial charge in [0, 0.05) is 19.1 Å². The summed E-state index contributed by atoms with van der Waals surface area (Å²) < 4.78 is 27.1. The van der Waals surface area contributed by atoms with Crippen LogP contribution in [0, 0.1) is 6.92 Å². The zero-order chi connectivity index (χ0) is 15.5. The summed E-state index contributed by atoms with van der Waals surface area (Å²) in [7, 11) is -3.34. The fraction of sp³-hybridized carbons (Fsp3) is 0.625. The van der Waals surface area contributed by atoms with E-state index in [2.05, 4.69) is 18.7 Å². The minimum absolute atomic E-state index is 0.450. The van der Waals surface area contributed by atoms with Crippen LogP contribution in [0.25, 0.3) is 0 Å². The summed E-state index contributed by atoms with van der Waals surface area (Å²) in [4.78, 5) is 2.88. The maximum atomic E-state index is 12.7. The SMILES string of the molecule is CCN(CC)C1CCN(S(=O)(=O)c2ccccc2C)CC1. The van der Waals surface area contributed by atoms with Crippen molar-refractivity contribution in [2.45, 2.75) is 44.6 Å². The molecule has 0 radical (unpaired) electrons. The Morgan fingerprint density at radius 2 is 1.71 bits per heavy atom. The lowest BCUT2D eigenvalue weighted by molar-refractivity contribution is 0.152. The van der Waals surface area contributed by atoms with Gasteiger partial charge >= 0.3 is 0 Å². The second kappa shape index (κ2) is 6.90. The highest BCUT2D eigenvalue weighted by molar-refractivity contribution is 7.89. The van der Waals surface area contributed by atoms with Gasteiger partial charge in [-0.25, -0.2) is 8.42 Å². The molecule has 0 aliphatic carbocycles. The van der Waals surface area contributed by atoms with Crippen molar-refractivity contribution >= 4 is 10.0 Å². The highest BCUT2D eigenvalue weighted by Crippen LogP contribution is 2.24. The van der Waals surface area contributed by atoms with Gasteiger partial charge in [0.1, 0.15) is 0 Å². The molecule has 1 saturated heterocycles. The van der Waals surface area contributed by atoms with E-state index in [0.29, 0.717) is 24.0 Å². The van der Waals surface area contributed by atoms with E-state index in [9.17, 15) is 8.42 Å². The first-order valence-corrected chi connectivity index (χ1v) is 9.24. The minimum atomic E-state index is -3.34. The first kappa shape index (κ1) is 16.5. The van der Waals surface area contributed by atoms with Crippen LogP contribution in [0.4, 0.5) is 0 Å². The van der Waals surface area contributed by atoms with Crippen molar-refractivity contribution in [2.24, 2.45) is 0 Å². The van der Waals surface area contributed by atoms with Crippen molar-refractivity contribution < 1.29 is 8.42 Å². The second-order valence-electron chi connectivity index (χ2n) is 5.62. The molecule has 1 aliphatic rings. The number of piperidine rings is 1. The molecule has 0 spiro atoms. The predicted molar refractivity (Wildman–Crippen MR) is 85.9 cm³/mol. The van der Waals surface area contributed by atoms with E-state index in [1.807, 2.05) is 19.1 Å². The standard InChI is InChI=1S/C16H26N2O2S/c1-4-17(5-2)15-10-12-18(13-11-15)21(19,20)16-9-7-6-8-14(16)3/h6-9,15H,4-5,10-13H2,1-3H3. The van der Waals surface area contributed by atoms with Gasteiger partial charge in [0.15, 0.2) is 0 Å². The lowest BCUT2D eigenvalue weighted by Crippen LogP contribution is -2.46. The quantitative estimate of drug-likeness (QED) is 0.839. The Morgan fingerprint density at radius 1 is 1.14 bits per heavy atom. The molecule has 1 aliphatic heterocycles.